The molecule has 2 aliphatic rings. The predicted octanol–water partition coefficient (Wildman–Crippen LogP) is 7.33. The number of nitrogens with one attached hydrogen (secondary N) is 3. The minimum absolute atomic E-state index is 0.0215. The number of hydrogen-bond acceptors (Lipinski definition) is 6. The van der Waals surface area contributed by atoms with Crippen molar-refractivity contribution in [3.63, 3.8) is 0 Å². The molecule has 0 atom stereocenters. The van der Waals surface area contributed by atoms with E-state index in [9.17, 15) is 14.4 Å². The lowest BCUT2D eigenvalue weighted by Gasteiger charge is -2.42. The maximum Gasteiger partial charge on any atom is 0.251 e. The van der Waals surface area contributed by atoms with Crippen LogP contribution in [0.4, 0.5) is 0 Å². The lowest BCUT2D eigenvalue weighted by atomic mass is 9.63. The molecule has 1 fully saturated rings. The first kappa shape index (κ1) is 35.9. The molecule has 2 aromatic carbocycles. The summed E-state index contributed by atoms with van der Waals surface area (Å²) in [7, 11) is 3.98. The summed E-state index contributed by atoms with van der Waals surface area (Å²) in [5, 5.41) is 8.98. The molecule has 240 valence electrons. The van der Waals surface area contributed by atoms with Crippen LogP contribution in [0.25, 0.3) is 6.08 Å². The van der Waals surface area contributed by atoms with Gasteiger partial charge in [0.1, 0.15) is 0 Å². The zero-order chi connectivity index (χ0) is 32.0. The van der Waals surface area contributed by atoms with E-state index in [1.165, 1.54) is 29.1 Å². The highest BCUT2D eigenvalue weighted by Gasteiger charge is 2.37. The van der Waals surface area contributed by atoms with Crippen molar-refractivity contribution in [3.05, 3.63) is 76.4 Å². The quantitative estimate of drug-likeness (QED) is 0.0923. The Morgan fingerprint density at radius 1 is 0.795 bits per heavy atom. The van der Waals surface area contributed by atoms with Crippen LogP contribution in [-0.2, 0) is 15.6 Å². The smallest absolute Gasteiger partial charge is 0.251 e. The Morgan fingerprint density at radius 2 is 1.41 bits per heavy atom. The Balaban J connectivity index is 0.000000958. The number of amides is 2. The van der Waals surface area contributed by atoms with Crippen LogP contribution in [-0.4, -0.2) is 55.3 Å². The molecule has 8 heteroatoms. The predicted molar refractivity (Wildman–Crippen MR) is 189 cm³/mol. The summed E-state index contributed by atoms with van der Waals surface area (Å²) < 4.78 is 0. The highest BCUT2D eigenvalue weighted by Crippen LogP contribution is 2.45. The van der Waals surface area contributed by atoms with Gasteiger partial charge in [0.25, 0.3) is 5.91 Å². The molecule has 0 bridgehead atoms. The lowest BCUT2D eigenvalue weighted by molar-refractivity contribution is -0.121. The minimum Gasteiger partial charge on any atom is -0.355 e. The maximum atomic E-state index is 13.0. The Bertz CT molecular complexity index is 1260. The molecule has 0 spiro atoms. The van der Waals surface area contributed by atoms with Gasteiger partial charge in [-0.1, -0.05) is 93.0 Å². The van der Waals surface area contributed by atoms with E-state index in [1.54, 1.807) is 24.3 Å². The van der Waals surface area contributed by atoms with Crippen LogP contribution >= 0.6 is 21.6 Å². The van der Waals surface area contributed by atoms with Gasteiger partial charge in [0, 0.05) is 55.2 Å². The van der Waals surface area contributed by atoms with E-state index < -0.39 is 0 Å². The molecule has 6 nitrogen and oxygen atoms in total. The van der Waals surface area contributed by atoms with Crippen LogP contribution in [0.15, 0.2) is 48.5 Å². The largest absolute Gasteiger partial charge is 0.355 e. The number of allylic oxidation sites excluding steroid dienone is 1. The lowest BCUT2D eigenvalue weighted by Crippen LogP contribution is -2.36. The van der Waals surface area contributed by atoms with Gasteiger partial charge in [0.05, 0.1) is 0 Å². The standard InChI is InChI=1S/C33H45N3O3.C3H6S2/c1-6-7-8-30(38)35-21-19-34-20-22-36-31(39)25-12-9-24(10-13-25)11-16-29(37)26-14-15-27-28(23-26)33(4,5)18-17-32(27,2)3;1-2-4-5-3-1/h9-16,23,34H,6-8,17-22H2,1-5H3,(H,35,38)(H,36,39);1-3H2/b16-11+;. The molecule has 1 aliphatic carbocycles. The normalized spacial score (nSPS) is 16.5. The number of carbonyl (C=O) groups is 3. The molecule has 1 saturated heterocycles. The average Bonchev–Trinajstić information content (AvgIpc) is 3.61. The molecule has 0 saturated carbocycles. The second-order valence-electron chi connectivity index (χ2n) is 12.8. The van der Waals surface area contributed by atoms with E-state index in [-0.39, 0.29) is 28.4 Å². The Kier molecular flexibility index (Phi) is 14.5. The Hall–Kier alpha value is -2.55. The fourth-order valence-electron chi connectivity index (χ4n) is 5.26. The third kappa shape index (κ3) is 11.4. The molecular formula is C36H51N3O3S2. The van der Waals surface area contributed by atoms with Gasteiger partial charge in [-0.3, -0.25) is 14.4 Å². The molecule has 1 aliphatic heterocycles. The van der Waals surface area contributed by atoms with E-state index in [0.29, 0.717) is 43.7 Å². The molecule has 0 aromatic heterocycles. The molecule has 1 heterocycles. The molecule has 3 N–H and O–H groups in total. The fraction of sp³-hybridized carbons (Fsp3) is 0.528. The summed E-state index contributed by atoms with van der Waals surface area (Å²) in [4.78, 5) is 37.0. The van der Waals surface area contributed by atoms with Gasteiger partial charge in [-0.2, -0.15) is 0 Å². The molecule has 44 heavy (non-hydrogen) atoms. The first-order chi connectivity index (χ1) is 21.0. The van der Waals surface area contributed by atoms with Crippen LogP contribution < -0.4 is 16.0 Å². The molecule has 2 aromatic rings. The van der Waals surface area contributed by atoms with Gasteiger partial charge in [-0.15, -0.1) is 0 Å². The number of unbranched alkanes of at least 4 members (excludes halogenated alkanes) is 1. The van der Waals surface area contributed by atoms with Gasteiger partial charge >= 0.3 is 0 Å². The van der Waals surface area contributed by atoms with Gasteiger partial charge < -0.3 is 16.0 Å². The van der Waals surface area contributed by atoms with Crippen molar-refractivity contribution in [2.75, 3.05) is 37.7 Å². The van der Waals surface area contributed by atoms with Gasteiger partial charge in [-0.05, 0) is 77.5 Å². The van der Waals surface area contributed by atoms with E-state index in [4.69, 9.17) is 0 Å². The van der Waals surface area contributed by atoms with Crippen LogP contribution in [0.3, 0.4) is 0 Å². The van der Waals surface area contributed by atoms with Crippen molar-refractivity contribution < 1.29 is 14.4 Å². The van der Waals surface area contributed by atoms with Crippen molar-refractivity contribution >= 4 is 45.3 Å². The number of benzene rings is 2. The first-order valence-electron chi connectivity index (χ1n) is 16.0. The van der Waals surface area contributed by atoms with Crippen LogP contribution in [0.5, 0.6) is 0 Å². The van der Waals surface area contributed by atoms with Crippen molar-refractivity contribution in [3.8, 4) is 0 Å². The van der Waals surface area contributed by atoms with Gasteiger partial charge in [0.2, 0.25) is 5.91 Å². The number of hydrogen-bond donors (Lipinski definition) is 3. The van der Waals surface area contributed by atoms with Gasteiger partial charge in [-0.25, -0.2) is 0 Å². The molecular weight excluding hydrogens is 587 g/mol. The average molecular weight is 638 g/mol. The number of fused-ring (bicyclic) bond motifs is 1. The van der Waals surface area contributed by atoms with Crippen molar-refractivity contribution in [1.82, 2.24) is 16.0 Å². The van der Waals surface area contributed by atoms with E-state index in [1.807, 2.05) is 39.8 Å². The summed E-state index contributed by atoms with van der Waals surface area (Å²) in [6.45, 7) is 13.5. The second-order valence-corrected chi connectivity index (χ2v) is 15.5. The topological polar surface area (TPSA) is 87.3 Å². The fourth-order valence-corrected chi connectivity index (χ4v) is 7.61. The third-order valence-corrected chi connectivity index (χ3v) is 10.8. The van der Waals surface area contributed by atoms with Crippen molar-refractivity contribution in [1.29, 1.82) is 0 Å². The Morgan fingerprint density at radius 3 is 2.02 bits per heavy atom. The van der Waals surface area contributed by atoms with E-state index in [0.717, 1.165) is 31.2 Å². The Labute approximate surface area is 272 Å². The molecule has 0 radical (unpaired) electrons. The molecule has 0 unspecified atom stereocenters. The molecule has 4 rings (SSSR count). The van der Waals surface area contributed by atoms with Crippen LogP contribution in [0, 0.1) is 0 Å². The summed E-state index contributed by atoms with van der Waals surface area (Å²) in [6, 6.07) is 13.4. The zero-order valence-electron chi connectivity index (χ0n) is 27.2. The van der Waals surface area contributed by atoms with E-state index in [2.05, 4.69) is 62.7 Å². The minimum atomic E-state index is -0.143. The monoisotopic (exact) mass is 637 g/mol. The van der Waals surface area contributed by atoms with Gasteiger partial charge in [0.15, 0.2) is 5.78 Å². The third-order valence-electron chi connectivity index (χ3n) is 8.24. The highest BCUT2D eigenvalue weighted by atomic mass is 33.1. The number of carbonyl (C=O) groups excluding carboxylic acids is 3. The van der Waals surface area contributed by atoms with Crippen LogP contribution in [0.2, 0.25) is 0 Å². The first-order valence-corrected chi connectivity index (χ1v) is 18.5. The summed E-state index contributed by atoms with van der Waals surface area (Å²) in [5.41, 5.74) is 4.94. The van der Waals surface area contributed by atoms with Crippen molar-refractivity contribution in [2.45, 2.75) is 84.0 Å². The van der Waals surface area contributed by atoms with E-state index >= 15 is 0 Å². The zero-order valence-corrected chi connectivity index (χ0v) is 28.9. The summed E-state index contributed by atoms with van der Waals surface area (Å²) in [5.74, 6) is 2.68. The van der Waals surface area contributed by atoms with Crippen molar-refractivity contribution in [2.24, 2.45) is 0 Å². The van der Waals surface area contributed by atoms with Crippen LogP contribution in [0.1, 0.15) is 111 Å². The maximum absolute atomic E-state index is 13.0. The number of ketones is 1. The highest BCUT2D eigenvalue weighted by molar-refractivity contribution is 8.77. The number of rotatable bonds is 13. The summed E-state index contributed by atoms with van der Waals surface area (Å²) in [6.07, 6.45) is 9.57. The SMILES string of the molecule is C1CSSC1.CCCCC(=O)NCCNCCNC(=O)c1ccc(/C=C/C(=O)c2ccc3c(c2)C(C)(C)CCC3(C)C)cc1. The molecule has 2 amide bonds. The summed E-state index contributed by atoms with van der Waals surface area (Å²) >= 11 is 0. The second kappa shape index (κ2) is 17.8.